The number of amides is 1. The van der Waals surface area contributed by atoms with E-state index in [1.807, 2.05) is 0 Å². The summed E-state index contributed by atoms with van der Waals surface area (Å²) in [7, 11) is 0. The van der Waals surface area contributed by atoms with E-state index >= 15 is 0 Å². The Kier molecular flexibility index (Phi) is 4.50. The Morgan fingerprint density at radius 3 is 2.19 bits per heavy atom. The summed E-state index contributed by atoms with van der Waals surface area (Å²) in [6.45, 7) is 0.339. The van der Waals surface area contributed by atoms with Gasteiger partial charge in [-0.2, -0.15) is 0 Å². The summed E-state index contributed by atoms with van der Waals surface area (Å²) in [4.78, 5) is 21.9. The highest BCUT2D eigenvalue weighted by Crippen LogP contribution is 2.11. The van der Waals surface area contributed by atoms with E-state index in [9.17, 15) is 14.9 Å². The smallest absolute Gasteiger partial charge is 0.269 e. The van der Waals surface area contributed by atoms with Gasteiger partial charge < -0.3 is 11.1 Å². The second-order valence-electron chi connectivity index (χ2n) is 4.62. The van der Waals surface area contributed by atoms with Gasteiger partial charge in [0.2, 0.25) is 5.91 Å². The molecule has 2 aromatic carbocycles. The molecule has 0 aromatic heterocycles. The third kappa shape index (κ3) is 4.31. The van der Waals surface area contributed by atoms with E-state index in [4.69, 9.17) is 5.73 Å². The quantitative estimate of drug-likeness (QED) is 0.499. The van der Waals surface area contributed by atoms with Crippen LogP contribution in [0.15, 0.2) is 48.5 Å². The molecule has 2 aromatic rings. The van der Waals surface area contributed by atoms with Crippen LogP contribution in [-0.2, 0) is 17.8 Å². The van der Waals surface area contributed by atoms with Crippen LogP contribution in [0.1, 0.15) is 11.1 Å². The molecule has 6 nitrogen and oxygen atoms in total. The zero-order valence-electron chi connectivity index (χ0n) is 11.3. The number of hydrogen-bond donors (Lipinski definition) is 2. The summed E-state index contributed by atoms with van der Waals surface area (Å²) >= 11 is 0. The Bertz CT molecular complexity index is 636. The van der Waals surface area contributed by atoms with Gasteiger partial charge in [0, 0.05) is 24.4 Å². The molecule has 0 aliphatic carbocycles. The topological polar surface area (TPSA) is 98.3 Å². The molecule has 0 saturated carbocycles. The number of hydrogen-bond acceptors (Lipinski definition) is 4. The van der Waals surface area contributed by atoms with Crippen molar-refractivity contribution in [1.29, 1.82) is 0 Å². The summed E-state index contributed by atoms with van der Waals surface area (Å²) in [5.41, 5.74) is 7.96. The zero-order chi connectivity index (χ0) is 15.2. The van der Waals surface area contributed by atoms with Crippen LogP contribution in [0.4, 0.5) is 11.4 Å². The molecule has 0 saturated heterocycles. The largest absolute Gasteiger partial charge is 0.399 e. The number of nitrogens with zero attached hydrogens (tertiary/aromatic N) is 1. The number of anilines is 1. The van der Waals surface area contributed by atoms with Gasteiger partial charge in [0.1, 0.15) is 0 Å². The lowest BCUT2D eigenvalue weighted by atomic mass is 10.1. The number of carbonyl (C=O) groups excluding carboxylic acids is 1. The Labute approximate surface area is 121 Å². The normalized spacial score (nSPS) is 10.1. The fraction of sp³-hybridized carbons (Fsp3) is 0.133. The maximum absolute atomic E-state index is 11.8. The van der Waals surface area contributed by atoms with Crippen molar-refractivity contribution in [3.63, 3.8) is 0 Å². The van der Waals surface area contributed by atoms with Crippen molar-refractivity contribution in [2.24, 2.45) is 0 Å². The van der Waals surface area contributed by atoms with Gasteiger partial charge in [0.25, 0.3) is 5.69 Å². The number of carbonyl (C=O) groups is 1. The number of nitrogens with two attached hydrogens (primary N) is 1. The van der Waals surface area contributed by atoms with Crippen molar-refractivity contribution in [1.82, 2.24) is 5.32 Å². The van der Waals surface area contributed by atoms with Crippen LogP contribution in [-0.4, -0.2) is 10.8 Å². The van der Waals surface area contributed by atoms with Gasteiger partial charge in [-0.1, -0.05) is 24.3 Å². The highest BCUT2D eigenvalue weighted by Gasteiger charge is 2.06. The average Bonchev–Trinajstić information content (AvgIpc) is 2.48. The van der Waals surface area contributed by atoms with Gasteiger partial charge in [0.15, 0.2) is 0 Å². The number of rotatable bonds is 5. The number of nitro groups is 1. The van der Waals surface area contributed by atoms with Crippen LogP contribution < -0.4 is 11.1 Å². The van der Waals surface area contributed by atoms with Crippen LogP contribution in [0.5, 0.6) is 0 Å². The summed E-state index contributed by atoms with van der Waals surface area (Å²) < 4.78 is 0. The molecule has 0 heterocycles. The maximum Gasteiger partial charge on any atom is 0.269 e. The number of non-ortho nitro benzene ring substituents is 1. The zero-order valence-corrected chi connectivity index (χ0v) is 11.3. The first-order chi connectivity index (χ1) is 10.0. The van der Waals surface area contributed by atoms with Crippen molar-refractivity contribution in [3.05, 3.63) is 69.8 Å². The van der Waals surface area contributed by atoms with E-state index in [-0.39, 0.29) is 18.0 Å². The van der Waals surface area contributed by atoms with E-state index in [1.54, 1.807) is 36.4 Å². The molecule has 1 amide bonds. The first kappa shape index (κ1) is 14.5. The Balaban J connectivity index is 1.86. The lowest BCUT2D eigenvalue weighted by molar-refractivity contribution is -0.384. The number of nitrogens with one attached hydrogen (secondary N) is 1. The van der Waals surface area contributed by atoms with E-state index in [0.29, 0.717) is 12.2 Å². The molecular formula is C15H15N3O3. The summed E-state index contributed by atoms with van der Waals surface area (Å²) in [6.07, 6.45) is 0.271. The van der Waals surface area contributed by atoms with Crippen molar-refractivity contribution in [2.45, 2.75) is 13.0 Å². The molecule has 2 rings (SSSR count). The fourth-order valence-corrected chi connectivity index (χ4v) is 1.82. The van der Waals surface area contributed by atoms with Crippen LogP contribution in [0.2, 0.25) is 0 Å². The fourth-order valence-electron chi connectivity index (χ4n) is 1.82. The van der Waals surface area contributed by atoms with Gasteiger partial charge in [-0.15, -0.1) is 0 Å². The standard InChI is InChI=1S/C15H15N3O3/c16-13-5-1-11(2-6-13)9-15(19)17-10-12-3-7-14(8-4-12)18(20)21/h1-8H,9-10,16H2,(H,17,19). The molecule has 0 bridgehead atoms. The van der Waals surface area contributed by atoms with Crippen molar-refractivity contribution in [2.75, 3.05) is 5.73 Å². The summed E-state index contributed by atoms with van der Waals surface area (Å²) in [5.74, 6) is -0.113. The van der Waals surface area contributed by atoms with E-state index in [1.165, 1.54) is 12.1 Å². The molecule has 0 atom stereocenters. The molecule has 0 spiro atoms. The molecule has 0 aliphatic heterocycles. The van der Waals surface area contributed by atoms with Crippen molar-refractivity contribution >= 4 is 17.3 Å². The molecule has 0 unspecified atom stereocenters. The lowest BCUT2D eigenvalue weighted by Crippen LogP contribution is -2.24. The predicted octanol–water partition coefficient (Wildman–Crippen LogP) is 2.04. The number of nitrogen functional groups attached to an aromatic ring is 1. The first-order valence-electron chi connectivity index (χ1n) is 6.39. The van der Waals surface area contributed by atoms with Gasteiger partial charge in [-0.3, -0.25) is 14.9 Å². The monoisotopic (exact) mass is 285 g/mol. The predicted molar refractivity (Wildman–Crippen MR) is 79.5 cm³/mol. The van der Waals surface area contributed by atoms with Crippen LogP contribution >= 0.6 is 0 Å². The third-order valence-electron chi connectivity index (χ3n) is 2.98. The summed E-state index contributed by atoms with van der Waals surface area (Å²) in [6, 6.07) is 13.2. The van der Waals surface area contributed by atoms with Gasteiger partial charge in [-0.25, -0.2) is 0 Å². The molecule has 6 heteroatoms. The van der Waals surface area contributed by atoms with Crippen LogP contribution in [0.3, 0.4) is 0 Å². The van der Waals surface area contributed by atoms with E-state index in [0.717, 1.165) is 11.1 Å². The van der Waals surface area contributed by atoms with Crippen molar-refractivity contribution < 1.29 is 9.72 Å². The van der Waals surface area contributed by atoms with Crippen LogP contribution in [0, 0.1) is 10.1 Å². The second-order valence-corrected chi connectivity index (χ2v) is 4.62. The van der Waals surface area contributed by atoms with Crippen molar-refractivity contribution in [3.8, 4) is 0 Å². The minimum absolute atomic E-state index is 0.0342. The highest BCUT2D eigenvalue weighted by atomic mass is 16.6. The van der Waals surface area contributed by atoms with Gasteiger partial charge >= 0.3 is 0 Å². The molecule has 21 heavy (non-hydrogen) atoms. The third-order valence-corrected chi connectivity index (χ3v) is 2.98. The first-order valence-corrected chi connectivity index (χ1v) is 6.39. The second kappa shape index (κ2) is 6.51. The SMILES string of the molecule is Nc1ccc(CC(=O)NCc2ccc([N+](=O)[O-])cc2)cc1. The Hall–Kier alpha value is -2.89. The molecule has 0 radical (unpaired) electrons. The lowest BCUT2D eigenvalue weighted by Gasteiger charge is -2.06. The minimum atomic E-state index is -0.455. The van der Waals surface area contributed by atoms with Crippen LogP contribution in [0.25, 0.3) is 0 Å². The molecule has 3 N–H and O–H groups in total. The van der Waals surface area contributed by atoms with E-state index in [2.05, 4.69) is 5.32 Å². The molecular weight excluding hydrogens is 270 g/mol. The number of benzene rings is 2. The van der Waals surface area contributed by atoms with E-state index < -0.39 is 4.92 Å². The number of nitro benzene ring substituents is 1. The Morgan fingerprint density at radius 2 is 1.62 bits per heavy atom. The summed E-state index contributed by atoms with van der Waals surface area (Å²) in [5, 5.41) is 13.3. The van der Waals surface area contributed by atoms with Gasteiger partial charge in [-0.05, 0) is 23.3 Å². The maximum atomic E-state index is 11.8. The van der Waals surface area contributed by atoms with Gasteiger partial charge in [0.05, 0.1) is 11.3 Å². The average molecular weight is 285 g/mol. The molecule has 0 aliphatic rings. The Morgan fingerprint density at radius 1 is 1.05 bits per heavy atom. The highest BCUT2D eigenvalue weighted by molar-refractivity contribution is 5.78. The minimum Gasteiger partial charge on any atom is -0.399 e. The molecule has 0 fully saturated rings. The molecule has 108 valence electrons.